The van der Waals surface area contributed by atoms with Crippen molar-refractivity contribution in [2.24, 2.45) is 0 Å². The number of amides is 1. The first-order valence-corrected chi connectivity index (χ1v) is 17.5. The number of rotatable bonds is 5. The Labute approximate surface area is 282 Å². The van der Waals surface area contributed by atoms with Crippen molar-refractivity contribution in [1.82, 2.24) is 34.4 Å². The maximum atomic E-state index is 14.6. The monoisotopic (exact) mass is 652 g/mol. The lowest BCUT2D eigenvalue weighted by Gasteiger charge is -2.49. The molecular weight excluding hydrogens is 607 g/mol. The SMILES string of the molecule is C#Cc1c(C(=O)N(C)C)nn2c1CN(c1nc(OC[C@@]34CCCN3CC(F)C4)nc3c1CN(C)[C@@]1(CCCc4ccccc41)C3)CCC2. The summed E-state index contributed by atoms with van der Waals surface area (Å²) >= 11 is 0. The Balaban J connectivity index is 1.20. The first-order valence-electron chi connectivity index (χ1n) is 17.5. The second kappa shape index (κ2) is 11.8. The maximum Gasteiger partial charge on any atom is 0.318 e. The predicted octanol–water partition coefficient (Wildman–Crippen LogP) is 3.94. The number of likely N-dealkylation sites (N-methyl/N-ethyl adjacent to an activating group) is 1. The number of ether oxygens (including phenoxy) is 1. The number of halogens is 1. The zero-order valence-corrected chi connectivity index (χ0v) is 28.3. The third kappa shape index (κ3) is 4.98. The Morgan fingerprint density at radius 1 is 1.12 bits per heavy atom. The molecule has 0 radical (unpaired) electrons. The van der Waals surface area contributed by atoms with E-state index in [1.165, 1.54) is 16.0 Å². The molecule has 11 heteroatoms. The average Bonchev–Trinajstić information content (AvgIpc) is 3.67. The lowest BCUT2D eigenvalue weighted by atomic mass is 9.71. The molecule has 2 aromatic heterocycles. The number of anilines is 1. The van der Waals surface area contributed by atoms with Crippen LogP contribution >= 0.6 is 0 Å². The Kier molecular flexibility index (Phi) is 7.72. The van der Waals surface area contributed by atoms with Crippen molar-refractivity contribution in [3.63, 3.8) is 0 Å². The second-order valence-electron chi connectivity index (χ2n) is 14.7. The van der Waals surface area contributed by atoms with Crippen LogP contribution in [0, 0.1) is 12.3 Å². The van der Waals surface area contributed by atoms with Gasteiger partial charge in [-0.25, -0.2) is 4.39 Å². The summed E-state index contributed by atoms with van der Waals surface area (Å²) in [6.45, 7) is 4.32. The summed E-state index contributed by atoms with van der Waals surface area (Å²) < 4.78 is 23.1. The molecule has 10 nitrogen and oxygen atoms in total. The Morgan fingerprint density at radius 3 is 2.81 bits per heavy atom. The number of hydrogen-bond acceptors (Lipinski definition) is 8. The molecule has 6 heterocycles. The van der Waals surface area contributed by atoms with Crippen molar-refractivity contribution in [2.75, 3.05) is 52.3 Å². The number of carbonyl (C=O) groups is 1. The Bertz CT molecular complexity index is 1800. The second-order valence-corrected chi connectivity index (χ2v) is 14.7. The summed E-state index contributed by atoms with van der Waals surface area (Å²) in [6, 6.07) is 9.21. The van der Waals surface area contributed by atoms with Gasteiger partial charge in [-0.05, 0) is 63.2 Å². The van der Waals surface area contributed by atoms with Gasteiger partial charge in [-0.1, -0.05) is 30.2 Å². The standard InChI is InChI=1S/C37H45FN8O2/c1-5-27-31-23-44(16-10-18-46(31)41-32(27)34(47)42(2)3)33-28-22-43(4)37(15-8-12-25-11-6-7-13-29(25)37)20-30(28)39-35(40-33)48-24-36-14-9-17-45(36)21-26(38)19-36/h1,6-7,11,13,26H,8-10,12,14-24H2,2-4H3/t26?,36-,37-/m0/s1. The van der Waals surface area contributed by atoms with Gasteiger partial charge in [-0.15, -0.1) is 6.42 Å². The molecule has 1 aromatic carbocycles. The normalized spacial score (nSPS) is 26.7. The van der Waals surface area contributed by atoms with Crippen molar-refractivity contribution in [3.05, 3.63) is 63.6 Å². The molecule has 0 saturated carbocycles. The van der Waals surface area contributed by atoms with Crippen molar-refractivity contribution >= 4 is 11.7 Å². The van der Waals surface area contributed by atoms with Gasteiger partial charge in [0.2, 0.25) is 0 Å². The van der Waals surface area contributed by atoms with Crippen LogP contribution in [0.25, 0.3) is 0 Å². The van der Waals surface area contributed by atoms with Gasteiger partial charge in [0.25, 0.3) is 5.91 Å². The molecule has 1 aliphatic carbocycles. The molecule has 1 amide bonds. The smallest absolute Gasteiger partial charge is 0.318 e. The van der Waals surface area contributed by atoms with Crippen LogP contribution in [-0.2, 0) is 38.0 Å². The zero-order valence-electron chi connectivity index (χ0n) is 28.3. The molecule has 5 aliphatic rings. The number of hydrogen-bond donors (Lipinski definition) is 0. The highest BCUT2D eigenvalue weighted by Gasteiger charge is 2.50. The fraction of sp³-hybridized carbons (Fsp3) is 0.568. The third-order valence-electron chi connectivity index (χ3n) is 11.7. The van der Waals surface area contributed by atoms with Crippen molar-refractivity contribution in [2.45, 2.75) is 88.3 Å². The van der Waals surface area contributed by atoms with Crippen LogP contribution in [0.5, 0.6) is 6.01 Å². The Morgan fingerprint density at radius 2 is 1.98 bits per heavy atom. The van der Waals surface area contributed by atoms with Gasteiger partial charge in [-0.3, -0.25) is 19.3 Å². The van der Waals surface area contributed by atoms with Crippen LogP contribution in [0.15, 0.2) is 24.3 Å². The molecule has 2 saturated heterocycles. The molecule has 1 spiro atoms. The summed E-state index contributed by atoms with van der Waals surface area (Å²) in [5, 5.41) is 4.69. The van der Waals surface area contributed by atoms with Gasteiger partial charge in [0.15, 0.2) is 5.69 Å². The number of aryl methyl sites for hydroxylation is 2. The van der Waals surface area contributed by atoms with Crippen LogP contribution in [0.4, 0.5) is 10.2 Å². The van der Waals surface area contributed by atoms with Gasteiger partial charge < -0.3 is 14.5 Å². The van der Waals surface area contributed by atoms with Crippen LogP contribution in [0.3, 0.4) is 0 Å². The van der Waals surface area contributed by atoms with E-state index in [1.54, 1.807) is 14.1 Å². The molecule has 3 aromatic rings. The molecule has 1 unspecified atom stereocenters. The number of fused-ring (bicyclic) bond motifs is 5. The van der Waals surface area contributed by atoms with Crippen molar-refractivity contribution in [1.29, 1.82) is 0 Å². The van der Waals surface area contributed by atoms with E-state index in [9.17, 15) is 9.18 Å². The number of aromatic nitrogens is 4. The van der Waals surface area contributed by atoms with E-state index in [1.807, 2.05) is 4.68 Å². The van der Waals surface area contributed by atoms with E-state index in [2.05, 4.69) is 51.9 Å². The minimum atomic E-state index is -0.827. The average molecular weight is 653 g/mol. The number of carbonyl (C=O) groups excluding carboxylic acids is 1. The van der Waals surface area contributed by atoms with E-state index in [0.717, 1.165) is 80.8 Å². The molecular formula is C37H45FN8O2. The minimum Gasteiger partial charge on any atom is -0.461 e. The highest BCUT2D eigenvalue weighted by Crippen LogP contribution is 2.47. The summed E-state index contributed by atoms with van der Waals surface area (Å²) in [5.41, 5.74) is 6.16. The minimum absolute atomic E-state index is 0.159. The quantitative estimate of drug-likeness (QED) is 0.384. The molecule has 8 rings (SSSR count). The summed E-state index contributed by atoms with van der Waals surface area (Å²) in [7, 11) is 5.66. The first kappa shape index (κ1) is 31.3. The van der Waals surface area contributed by atoms with E-state index in [4.69, 9.17) is 26.2 Å². The molecule has 48 heavy (non-hydrogen) atoms. The first-order chi connectivity index (χ1) is 23.2. The summed E-state index contributed by atoms with van der Waals surface area (Å²) in [4.78, 5) is 31.9. The fourth-order valence-corrected chi connectivity index (χ4v) is 9.26. The van der Waals surface area contributed by atoms with Crippen molar-refractivity contribution < 1.29 is 13.9 Å². The van der Waals surface area contributed by atoms with Gasteiger partial charge in [0.1, 0.15) is 18.6 Å². The number of alkyl halides is 1. The summed E-state index contributed by atoms with van der Waals surface area (Å²) in [6.07, 6.45) is 12.5. The number of nitrogens with zero attached hydrogens (tertiary/aromatic N) is 8. The van der Waals surface area contributed by atoms with Crippen LogP contribution in [-0.4, -0.2) is 99.5 Å². The lowest BCUT2D eigenvalue weighted by Crippen LogP contribution is -2.51. The number of terminal acetylenes is 1. The fourth-order valence-electron chi connectivity index (χ4n) is 9.26. The van der Waals surface area contributed by atoms with E-state index < -0.39 is 6.17 Å². The predicted molar refractivity (Wildman–Crippen MR) is 181 cm³/mol. The van der Waals surface area contributed by atoms with Gasteiger partial charge in [0.05, 0.1) is 34.6 Å². The highest BCUT2D eigenvalue weighted by molar-refractivity contribution is 5.94. The molecule has 0 N–H and O–H groups in total. The van der Waals surface area contributed by atoms with E-state index in [-0.39, 0.29) is 17.0 Å². The topological polar surface area (TPSA) is 82.9 Å². The molecule has 0 bridgehead atoms. The van der Waals surface area contributed by atoms with Crippen LogP contribution in [0.2, 0.25) is 0 Å². The number of benzene rings is 1. The van der Waals surface area contributed by atoms with E-state index in [0.29, 0.717) is 56.5 Å². The lowest BCUT2D eigenvalue weighted by molar-refractivity contribution is 0.0714. The van der Waals surface area contributed by atoms with Crippen LogP contribution in [0.1, 0.15) is 82.7 Å². The van der Waals surface area contributed by atoms with Gasteiger partial charge in [-0.2, -0.15) is 15.1 Å². The maximum absolute atomic E-state index is 14.6. The zero-order chi connectivity index (χ0) is 33.2. The summed E-state index contributed by atoms with van der Waals surface area (Å²) in [5.74, 6) is 3.43. The molecule has 3 atom stereocenters. The molecule has 2 fully saturated rings. The third-order valence-corrected chi connectivity index (χ3v) is 11.7. The van der Waals surface area contributed by atoms with Crippen LogP contribution < -0.4 is 9.64 Å². The van der Waals surface area contributed by atoms with Crippen molar-refractivity contribution in [3.8, 4) is 18.4 Å². The largest absolute Gasteiger partial charge is 0.461 e. The highest BCUT2D eigenvalue weighted by atomic mass is 19.1. The Hall–Kier alpha value is -4.01. The molecule has 4 aliphatic heterocycles. The van der Waals surface area contributed by atoms with Gasteiger partial charge >= 0.3 is 6.01 Å². The van der Waals surface area contributed by atoms with Gasteiger partial charge in [0, 0.05) is 58.7 Å². The van der Waals surface area contributed by atoms with E-state index >= 15 is 0 Å². The molecule has 252 valence electrons.